The number of rotatable bonds is 4. The first-order chi connectivity index (χ1) is 6.63. The summed E-state index contributed by atoms with van der Waals surface area (Å²) < 4.78 is 25.9. The molecule has 0 bridgehead atoms. The van der Waals surface area contributed by atoms with Gasteiger partial charge in [-0.05, 0) is 18.4 Å². The summed E-state index contributed by atoms with van der Waals surface area (Å²) in [6.07, 6.45) is 3.40. The lowest BCUT2D eigenvalue weighted by Gasteiger charge is -2.02. The predicted octanol–water partition coefficient (Wildman–Crippen LogP) is 0.486. The maximum atomic E-state index is 11.6. The van der Waals surface area contributed by atoms with Gasteiger partial charge < -0.3 is 0 Å². The van der Waals surface area contributed by atoms with Crippen LogP contribution in [0.2, 0.25) is 0 Å². The monoisotopic (exact) mass is 215 g/mol. The van der Waals surface area contributed by atoms with Gasteiger partial charge in [0.15, 0.2) is 5.03 Å². The van der Waals surface area contributed by atoms with Crippen LogP contribution in [-0.2, 0) is 10.0 Å². The fourth-order valence-corrected chi connectivity index (χ4v) is 2.73. The fraction of sp³-hybridized carbons (Fsp3) is 0.625. The van der Waals surface area contributed by atoms with Gasteiger partial charge in [0.1, 0.15) is 0 Å². The van der Waals surface area contributed by atoms with Crippen molar-refractivity contribution in [2.45, 2.75) is 30.8 Å². The molecule has 0 aliphatic heterocycles. The first kappa shape index (κ1) is 9.67. The second-order valence-corrected chi connectivity index (χ2v) is 5.24. The first-order valence-electron chi connectivity index (χ1n) is 4.65. The van der Waals surface area contributed by atoms with Crippen LogP contribution in [0.3, 0.4) is 0 Å². The molecule has 1 aromatic rings. The molecule has 0 spiro atoms. The fourth-order valence-electron chi connectivity index (χ4n) is 1.50. The summed E-state index contributed by atoms with van der Waals surface area (Å²) >= 11 is 0. The molecule has 5 nitrogen and oxygen atoms in total. The number of nitrogens with zero attached hydrogens (tertiary/aromatic N) is 1. The summed E-state index contributed by atoms with van der Waals surface area (Å²) in [7, 11) is -3.36. The van der Waals surface area contributed by atoms with E-state index in [-0.39, 0.29) is 11.1 Å². The number of sulfonamides is 1. The van der Waals surface area contributed by atoms with Crippen LogP contribution in [0.1, 0.15) is 19.8 Å². The van der Waals surface area contributed by atoms with Crippen LogP contribution in [0.15, 0.2) is 17.3 Å². The normalized spacial score (nSPS) is 26.4. The van der Waals surface area contributed by atoms with E-state index in [1.54, 1.807) is 0 Å². The molecule has 0 amide bonds. The van der Waals surface area contributed by atoms with Crippen molar-refractivity contribution < 1.29 is 8.42 Å². The Hall–Kier alpha value is -0.880. The summed E-state index contributed by atoms with van der Waals surface area (Å²) in [5.41, 5.74) is 0. The number of nitrogens with one attached hydrogen (secondary N) is 2. The van der Waals surface area contributed by atoms with Crippen molar-refractivity contribution in [1.29, 1.82) is 0 Å². The molecule has 2 N–H and O–H groups in total. The zero-order valence-electron chi connectivity index (χ0n) is 7.90. The minimum absolute atomic E-state index is 0.119. The van der Waals surface area contributed by atoms with E-state index in [0.29, 0.717) is 5.92 Å². The van der Waals surface area contributed by atoms with Gasteiger partial charge in [-0.3, -0.25) is 5.10 Å². The quantitative estimate of drug-likeness (QED) is 0.767. The Morgan fingerprint density at radius 2 is 2.50 bits per heavy atom. The predicted molar refractivity (Wildman–Crippen MR) is 51.1 cm³/mol. The van der Waals surface area contributed by atoms with Crippen LogP contribution in [0, 0.1) is 5.92 Å². The standard InChI is InChI=1S/C8H13N3O2S/c1-2-6-5-7(6)11-14(12,13)8-3-4-9-10-8/h3-4,6-7,11H,2,5H2,1H3,(H,9,10). The molecule has 0 aromatic carbocycles. The van der Waals surface area contributed by atoms with Gasteiger partial charge in [-0.1, -0.05) is 13.3 Å². The van der Waals surface area contributed by atoms with Crippen molar-refractivity contribution in [2.24, 2.45) is 5.92 Å². The SMILES string of the molecule is CCC1CC1NS(=O)(=O)c1ccn[nH]1. The molecule has 2 atom stereocenters. The van der Waals surface area contributed by atoms with Crippen LogP contribution >= 0.6 is 0 Å². The molecule has 6 heteroatoms. The first-order valence-corrected chi connectivity index (χ1v) is 6.13. The third kappa shape index (κ3) is 1.80. The summed E-state index contributed by atoms with van der Waals surface area (Å²) in [5, 5.41) is 6.19. The van der Waals surface area contributed by atoms with Gasteiger partial charge in [0.05, 0.1) is 6.20 Å². The Morgan fingerprint density at radius 3 is 3.00 bits per heavy atom. The van der Waals surface area contributed by atoms with Crippen LogP contribution < -0.4 is 4.72 Å². The van der Waals surface area contributed by atoms with E-state index in [0.717, 1.165) is 12.8 Å². The molecule has 1 aliphatic carbocycles. The molecule has 78 valence electrons. The van der Waals surface area contributed by atoms with Crippen molar-refractivity contribution in [3.63, 3.8) is 0 Å². The molecule has 1 aliphatic rings. The van der Waals surface area contributed by atoms with E-state index in [9.17, 15) is 8.42 Å². The number of aromatic nitrogens is 2. The van der Waals surface area contributed by atoms with Gasteiger partial charge in [-0.2, -0.15) is 5.10 Å². The van der Waals surface area contributed by atoms with Crippen molar-refractivity contribution in [2.75, 3.05) is 0 Å². The van der Waals surface area contributed by atoms with E-state index in [4.69, 9.17) is 0 Å². The Balaban J connectivity index is 2.05. The molecule has 1 fully saturated rings. The molecular formula is C8H13N3O2S. The largest absolute Gasteiger partial charge is 0.266 e. The molecule has 1 saturated carbocycles. The average molecular weight is 215 g/mol. The highest BCUT2D eigenvalue weighted by Gasteiger charge is 2.38. The van der Waals surface area contributed by atoms with Crippen molar-refractivity contribution in [3.8, 4) is 0 Å². The van der Waals surface area contributed by atoms with E-state index >= 15 is 0 Å². The van der Waals surface area contributed by atoms with Gasteiger partial charge in [0, 0.05) is 6.04 Å². The molecule has 1 aromatic heterocycles. The number of H-pyrrole nitrogens is 1. The highest BCUT2D eigenvalue weighted by Crippen LogP contribution is 2.34. The molecule has 2 rings (SSSR count). The Labute approximate surface area is 83.0 Å². The highest BCUT2D eigenvalue weighted by molar-refractivity contribution is 7.89. The third-order valence-corrected chi connectivity index (χ3v) is 3.94. The second-order valence-electron chi connectivity index (χ2n) is 3.55. The maximum absolute atomic E-state index is 11.6. The van der Waals surface area contributed by atoms with Gasteiger partial charge in [0.25, 0.3) is 10.0 Å². The minimum Gasteiger partial charge on any atom is -0.266 e. The summed E-state index contributed by atoms with van der Waals surface area (Å²) in [6.45, 7) is 2.06. The van der Waals surface area contributed by atoms with Crippen molar-refractivity contribution in [1.82, 2.24) is 14.9 Å². The number of aromatic amines is 1. The maximum Gasteiger partial charge on any atom is 0.257 e. The van der Waals surface area contributed by atoms with Crippen LogP contribution in [0.25, 0.3) is 0 Å². The molecule has 14 heavy (non-hydrogen) atoms. The third-order valence-electron chi connectivity index (χ3n) is 2.52. The summed E-state index contributed by atoms with van der Waals surface area (Å²) in [5.74, 6) is 0.507. The summed E-state index contributed by atoms with van der Waals surface area (Å²) in [4.78, 5) is 0. The van der Waals surface area contributed by atoms with Crippen LogP contribution in [-0.4, -0.2) is 24.7 Å². The number of hydrogen-bond donors (Lipinski definition) is 2. The molecule has 1 heterocycles. The zero-order valence-corrected chi connectivity index (χ0v) is 8.71. The molecule has 0 radical (unpaired) electrons. The smallest absolute Gasteiger partial charge is 0.257 e. The second kappa shape index (κ2) is 3.36. The van der Waals surface area contributed by atoms with E-state index < -0.39 is 10.0 Å². The van der Waals surface area contributed by atoms with Crippen LogP contribution in [0.5, 0.6) is 0 Å². The van der Waals surface area contributed by atoms with E-state index in [1.165, 1.54) is 12.3 Å². The van der Waals surface area contributed by atoms with Crippen molar-refractivity contribution in [3.05, 3.63) is 12.3 Å². The zero-order chi connectivity index (χ0) is 10.2. The Bertz CT molecular complexity index is 398. The highest BCUT2D eigenvalue weighted by atomic mass is 32.2. The summed E-state index contributed by atoms with van der Waals surface area (Å²) in [6, 6.07) is 1.57. The lowest BCUT2D eigenvalue weighted by Crippen LogP contribution is -2.27. The van der Waals surface area contributed by atoms with Gasteiger partial charge >= 0.3 is 0 Å². The molecular weight excluding hydrogens is 202 g/mol. The minimum atomic E-state index is -3.36. The van der Waals surface area contributed by atoms with Gasteiger partial charge in [-0.25, -0.2) is 13.1 Å². The van der Waals surface area contributed by atoms with E-state index in [2.05, 4.69) is 21.8 Å². The average Bonchev–Trinajstić information content (AvgIpc) is 2.69. The molecule has 0 saturated heterocycles. The lowest BCUT2D eigenvalue weighted by molar-refractivity contribution is 0.571. The van der Waals surface area contributed by atoms with E-state index in [1.807, 2.05) is 0 Å². The van der Waals surface area contributed by atoms with Crippen LogP contribution in [0.4, 0.5) is 0 Å². The van der Waals surface area contributed by atoms with Gasteiger partial charge in [0.2, 0.25) is 0 Å². The topological polar surface area (TPSA) is 74.8 Å². The Morgan fingerprint density at radius 1 is 1.71 bits per heavy atom. The number of hydrogen-bond acceptors (Lipinski definition) is 3. The van der Waals surface area contributed by atoms with Gasteiger partial charge in [-0.15, -0.1) is 0 Å². The molecule has 2 unspecified atom stereocenters. The lowest BCUT2D eigenvalue weighted by atomic mass is 10.3. The Kier molecular flexibility index (Phi) is 2.32. The van der Waals surface area contributed by atoms with Crippen molar-refractivity contribution >= 4 is 10.0 Å².